The molecule has 4 heteroatoms. The molecule has 0 unspecified atom stereocenters. The Bertz CT molecular complexity index is 914. The van der Waals surface area contributed by atoms with Gasteiger partial charge in [-0.25, -0.2) is 0 Å². The highest BCUT2D eigenvalue weighted by molar-refractivity contribution is 6.07. The van der Waals surface area contributed by atoms with E-state index in [0.29, 0.717) is 5.56 Å². The Kier molecular flexibility index (Phi) is 3.98. The Balaban J connectivity index is 2.05. The third-order valence-electron chi connectivity index (χ3n) is 4.00. The maximum Gasteiger partial charge on any atom is 0.258 e. The summed E-state index contributed by atoms with van der Waals surface area (Å²) < 4.78 is 0. The number of carbonyl (C=O) groups excluding carboxylic acids is 1. The predicted molar refractivity (Wildman–Crippen MR) is 93.1 cm³/mol. The Hall–Kier alpha value is -2.88. The molecule has 0 atom stereocenters. The minimum Gasteiger partial charge on any atom is -0.322 e. The van der Waals surface area contributed by atoms with Gasteiger partial charge in [0.1, 0.15) is 0 Å². The van der Waals surface area contributed by atoms with Gasteiger partial charge < -0.3 is 9.88 Å². The monoisotopic (exact) mass is 306 g/mol. The molecule has 0 fully saturated rings. The highest BCUT2D eigenvalue weighted by atomic mass is 16.2. The molecule has 1 amide bonds. The zero-order valence-corrected chi connectivity index (χ0v) is 13.2. The first kappa shape index (κ1) is 15.0. The van der Waals surface area contributed by atoms with E-state index in [-0.39, 0.29) is 11.5 Å². The van der Waals surface area contributed by atoms with Crippen molar-refractivity contribution in [2.75, 3.05) is 11.9 Å². The summed E-state index contributed by atoms with van der Waals surface area (Å²) in [5, 5.41) is 0.916. The van der Waals surface area contributed by atoms with E-state index in [2.05, 4.69) is 4.98 Å². The predicted octanol–water partition coefficient (Wildman–Crippen LogP) is 3.37. The topological polar surface area (TPSA) is 53.2 Å². The number of carbonyl (C=O) groups is 1. The minimum atomic E-state index is -0.116. The molecule has 1 N–H and O–H groups in total. The number of hydrogen-bond donors (Lipinski definition) is 1. The van der Waals surface area contributed by atoms with Crippen LogP contribution in [0.3, 0.4) is 0 Å². The van der Waals surface area contributed by atoms with Gasteiger partial charge in [0.05, 0.1) is 0 Å². The van der Waals surface area contributed by atoms with Crippen molar-refractivity contribution in [2.24, 2.45) is 0 Å². The Morgan fingerprint density at radius 2 is 1.83 bits per heavy atom. The fraction of sp³-hybridized carbons (Fsp3) is 0.158. The average molecular weight is 306 g/mol. The molecule has 3 aromatic rings. The van der Waals surface area contributed by atoms with E-state index in [4.69, 9.17) is 0 Å². The van der Waals surface area contributed by atoms with E-state index in [1.54, 1.807) is 30.1 Å². The number of nitrogens with one attached hydrogen (secondary N) is 1. The lowest BCUT2D eigenvalue weighted by molar-refractivity contribution is 0.0993. The summed E-state index contributed by atoms with van der Waals surface area (Å²) in [5.41, 5.74) is 3.03. The normalized spacial score (nSPS) is 10.7. The van der Waals surface area contributed by atoms with Gasteiger partial charge in [0.15, 0.2) is 0 Å². The van der Waals surface area contributed by atoms with Crippen LogP contribution in [0.4, 0.5) is 5.69 Å². The smallest absolute Gasteiger partial charge is 0.258 e. The molecule has 0 radical (unpaired) electrons. The fourth-order valence-electron chi connectivity index (χ4n) is 2.71. The molecule has 0 aliphatic heterocycles. The second kappa shape index (κ2) is 6.08. The van der Waals surface area contributed by atoms with E-state index in [1.807, 2.05) is 43.3 Å². The molecule has 0 aliphatic carbocycles. The van der Waals surface area contributed by atoms with E-state index >= 15 is 0 Å². The molecule has 0 saturated heterocycles. The van der Waals surface area contributed by atoms with Crippen LogP contribution in [0.1, 0.15) is 22.8 Å². The molecule has 3 rings (SSSR count). The number of nitrogens with zero attached hydrogens (tertiary/aromatic N) is 1. The Morgan fingerprint density at radius 3 is 2.52 bits per heavy atom. The Morgan fingerprint density at radius 1 is 1.09 bits per heavy atom. The van der Waals surface area contributed by atoms with Gasteiger partial charge in [0.25, 0.3) is 5.91 Å². The van der Waals surface area contributed by atoms with Gasteiger partial charge in [-0.3, -0.25) is 9.59 Å². The lowest BCUT2D eigenvalue weighted by atomic mass is 10.0. The van der Waals surface area contributed by atoms with Gasteiger partial charge in [-0.15, -0.1) is 0 Å². The second-order valence-corrected chi connectivity index (χ2v) is 5.47. The van der Waals surface area contributed by atoms with Crippen molar-refractivity contribution >= 4 is 22.5 Å². The van der Waals surface area contributed by atoms with Crippen LogP contribution >= 0.6 is 0 Å². The minimum absolute atomic E-state index is 0.0775. The quantitative estimate of drug-likeness (QED) is 0.806. The highest BCUT2D eigenvalue weighted by Gasteiger charge is 2.14. The van der Waals surface area contributed by atoms with Gasteiger partial charge in [-0.1, -0.05) is 25.1 Å². The van der Waals surface area contributed by atoms with Crippen molar-refractivity contribution in [3.63, 3.8) is 0 Å². The molecule has 23 heavy (non-hydrogen) atoms. The van der Waals surface area contributed by atoms with E-state index in [9.17, 15) is 9.59 Å². The van der Waals surface area contributed by atoms with Crippen LogP contribution in [-0.2, 0) is 6.42 Å². The number of benzene rings is 2. The maximum absolute atomic E-state index is 12.7. The number of anilines is 1. The van der Waals surface area contributed by atoms with Crippen molar-refractivity contribution in [1.29, 1.82) is 0 Å². The van der Waals surface area contributed by atoms with Crippen molar-refractivity contribution in [3.05, 3.63) is 76.1 Å². The van der Waals surface area contributed by atoms with Gasteiger partial charge in [-0.2, -0.15) is 0 Å². The van der Waals surface area contributed by atoms with Crippen LogP contribution in [0, 0.1) is 0 Å². The zero-order valence-electron chi connectivity index (χ0n) is 13.2. The summed E-state index contributed by atoms with van der Waals surface area (Å²) in [6.45, 7) is 2.00. The summed E-state index contributed by atoms with van der Waals surface area (Å²) in [5.74, 6) is -0.0775. The molecule has 1 aromatic heterocycles. The van der Waals surface area contributed by atoms with Crippen LogP contribution in [0.5, 0.6) is 0 Å². The molecular formula is C19H18N2O2. The number of H-pyrrole nitrogens is 1. The number of hydrogen-bond acceptors (Lipinski definition) is 2. The molecule has 116 valence electrons. The van der Waals surface area contributed by atoms with Crippen molar-refractivity contribution < 1.29 is 4.79 Å². The number of amides is 1. The number of fused-ring (bicyclic) bond motifs is 1. The van der Waals surface area contributed by atoms with Crippen LogP contribution < -0.4 is 10.5 Å². The standard InChI is InChI=1S/C19H18N2O2/c1-3-13-12-18(22)20-17-10-9-14(11-16(13)17)19(23)21(2)15-7-5-4-6-8-15/h4-12H,3H2,1-2H3,(H,20,22). The molecule has 0 aliphatic rings. The van der Waals surface area contributed by atoms with Crippen molar-refractivity contribution in [1.82, 2.24) is 4.98 Å². The SMILES string of the molecule is CCc1cc(=O)[nH]c2ccc(C(=O)N(C)c3ccccc3)cc12. The third kappa shape index (κ3) is 2.88. The molecule has 4 nitrogen and oxygen atoms in total. The van der Waals surface area contributed by atoms with Gasteiger partial charge >= 0.3 is 0 Å². The largest absolute Gasteiger partial charge is 0.322 e. The van der Waals surface area contributed by atoms with Crippen molar-refractivity contribution in [3.8, 4) is 0 Å². The maximum atomic E-state index is 12.7. The average Bonchev–Trinajstić information content (AvgIpc) is 2.60. The van der Waals surface area contributed by atoms with Crippen LogP contribution in [0.2, 0.25) is 0 Å². The van der Waals surface area contributed by atoms with Crippen LogP contribution in [-0.4, -0.2) is 17.9 Å². The van der Waals surface area contributed by atoms with E-state index in [0.717, 1.165) is 28.6 Å². The molecule has 2 aromatic carbocycles. The molecule has 0 saturated carbocycles. The number of rotatable bonds is 3. The van der Waals surface area contributed by atoms with Crippen molar-refractivity contribution in [2.45, 2.75) is 13.3 Å². The first-order valence-corrected chi connectivity index (χ1v) is 7.59. The molecule has 0 bridgehead atoms. The Labute approximate surface area is 134 Å². The summed E-state index contributed by atoms with van der Waals surface area (Å²) in [6.07, 6.45) is 0.743. The van der Waals surface area contributed by atoms with E-state index < -0.39 is 0 Å². The number of aromatic nitrogens is 1. The molecule has 0 spiro atoms. The lowest BCUT2D eigenvalue weighted by Gasteiger charge is -2.17. The first-order valence-electron chi connectivity index (χ1n) is 7.59. The molecular weight excluding hydrogens is 288 g/mol. The number of aryl methyl sites for hydroxylation is 1. The summed E-state index contributed by atoms with van der Waals surface area (Å²) in [4.78, 5) is 28.8. The van der Waals surface area contributed by atoms with Crippen LogP contribution in [0.25, 0.3) is 10.9 Å². The number of pyridine rings is 1. The summed E-state index contributed by atoms with van der Waals surface area (Å²) in [7, 11) is 1.76. The van der Waals surface area contributed by atoms with E-state index in [1.165, 1.54) is 0 Å². The zero-order chi connectivity index (χ0) is 16.4. The van der Waals surface area contributed by atoms with Crippen LogP contribution in [0.15, 0.2) is 59.4 Å². The summed E-state index contributed by atoms with van der Waals surface area (Å²) in [6, 6.07) is 16.5. The fourth-order valence-corrected chi connectivity index (χ4v) is 2.71. The molecule has 1 heterocycles. The first-order chi connectivity index (χ1) is 11.1. The number of para-hydroxylation sites is 1. The van der Waals surface area contributed by atoms with Gasteiger partial charge in [-0.05, 0) is 42.3 Å². The summed E-state index contributed by atoms with van der Waals surface area (Å²) >= 11 is 0. The van der Waals surface area contributed by atoms with Gasteiger partial charge in [0, 0.05) is 35.3 Å². The second-order valence-electron chi connectivity index (χ2n) is 5.47. The highest BCUT2D eigenvalue weighted by Crippen LogP contribution is 2.20. The third-order valence-corrected chi connectivity index (χ3v) is 4.00. The number of aromatic amines is 1. The lowest BCUT2D eigenvalue weighted by Crippen LogP contribution is -2.26. The van der Waals surface area contributed by atoms with Gasteiger partial charge in [0.2, 0.25) is 5.56 Å².